The number of aryl methyl sites for hydroxylation is 1. The Labute approximate surface area is 130 Å². The van der Waals surface area contributed by atoms with Crippen LogP contribution in [0.15, 0.2) is 47.5 Å². The molecule has 116 valence electrons. The topological polar surface area (TPSA) is 53.6 Å². The lowest BCUT2D eigenvalue weighted by atomic mass is 10.2. The lowest BCUT2D eigenvalue weighted by molar-refractivity contribution is 0.624. The number of halogens is 1. The van der Waals surface area contributed by atoms with E-state index in [1.807, 2.05) is 37.3 Å². The standard InChI is InChI=1S/C17H21FN4/c1-12-4-7-14(8-5-12)21-17(19)20-11-13-6-9-16(22(2)3)15(18)10-13/h4-10H,11H2,1-3H3,(H3,19,20,21). The summed E-state index contributed by atoms with van der Waals surface area (Å²) < 4.78 is 13.9. The van der Waals surface area contributed by atoms with Gasteiger partial charge in [-0.15, -0.1) is 0 Å². The molecule has 2 aromatic rings. The molecule has 0 aliphatic rings. The van der Waals surface area contributed by atoms with Crippen molar-refractivity contribution in [3.63, 3.8) is 0 Å². The van der Waals surface area contributed by atoms with Gasteiger partial charge in [-0.05, 0) is 36.8 Å². The number of nitrogens with two attached hydrogens (primary N) is 1. The maximum Gasteiger partial charge on any atom is 0.193 e. The first-order valence-electron chi connectivity index (χ1n) is 7.05. The van der Waals surface area contributed by atoms with E-state index in [4.69, 9.17) is 5.73 Å². The minimum absolute atomic E-state index is 0.261. The smallest absolute Gasteiger partial charge is 0.193 e. The van der Waals surface area contributed by atoms with Crippen LogP contribution in [-0.2, 0) is 6.54 Å². The summed E-state index contributed by atoms with van der Waals surface area (Å²) in [5.74, 6) is 0.0451. The Hall–Kier alpha value is -2.56. The SMILES string of the molecule is Cc1ccc(NC(N)=NCc2ccc(N(C)C)c(F)c2)cc1. The van der Waals surface area contributed by atoms with E-state index in [9.17, 15) is 4.39 Å². The van der Waals surface area contributed by atoms with Gasteiger partial charge in [-0.2, -0.15) is 0 Å². The number of guanidine groups is 1. The molecule has 2 aromatic carbocycles. The molecule has 0 heterocycles. The van der Waals surface area contributed by atoms with Gasteiger partial charge in [0.2, 0.25) is 0 Å². The number of rotatable bonds is 4. The highest BCUT2D eigenvalue weighted by Crippen LogP contribution is 2.18. The van der Waals surface area contributed by atoms with Gasteiger partial charge in [0.25, 0.3) is 0 Å². The minimum Gasteiger partial charge on any atom is -0.375 e. The van der Waals surface area contributed by atoms with Gasteiger partial charge in [-0.25, -0.2) is 9.38 Å². The minimum atomic E-state index is -0.261. The molecule has 5 heteroatoms. The van der Waals surface area contributed by atoms with Crippen LogP contribution in [0.2, 0.25) is 0 Å². The van der Waals surface area contributed by atoms with Crippen LogP contribution >= 0.6 is 0 Å². The van der Waals surface area contributed by atoms with E-state index in [-0.39, 0.29) is 5.82 Å². The van der Waals surface area contributed by atoms with Crippen LogP contribution in [0.25, 0.3) is 0 Å². The molecule has 0 atom stereocenters. The maximum atomic E-state index is 13.9. The maximum absolute atomic E-state index is 13.9. The molecule has 3 N–H and O–H groups in total. The third-order valence-corrected chi connectivity index (χ3v) is 3.25. The van der Waals surface area contributed by atoms with Gasteiger partial charge >= 0.3 is 0 Å². The van der Waals surface area contributed by atoms with E-state index in [1.54, 1.807) is 25.1 Å². The highest BCUT2D eigenvalue weighted by molar-refractivity contribution is 5.92. The van der Waals surface area contributed by atoms with Crippen molar-refractivity contribution in [1.82, 2.24) is 0 Å². The number of hydrogen-bond donors (Lipinski definition) is 2. The average Bonchev–Trinajstić information content (AvgIpc) is 2.47. The molecule has 0 unspecified atom stereocenters. The summed E-state index contributed by atoms with van der Waals surface area (Å²) in [4.78, 5) is 5.96. The van der Waals surface area contributed by atoms with Crippen molar-refractivity contribution >= 4 is 17.3 Å². The average molecular weight is 300 g/mol. The van der Waals surface area contributed by atoms with Crippen molar-refractivity contribution < 1.29 is 4.39 Å². The third kappa shape index (κ3) is 4.22. The summed E-state index contributed by atoms with van der Waals surface area (Å²) in [5.41, 5.74) is 9.23. The van der Waals surface area contributed by atoms with E-state index in [1.165, 1.54) is 11.6 Å². The molecule has 0 aliphatic heterocycles. The predicted octanol–water partition coefficient (Wildman–Crippen LogP) is 3.13. The van der Waals surface area contributed by atoms with Crippen LogP contribution in [0.5, 0.6) is 0 Å². The highest BCUT2D eigenvalue weighted by Gasteiger charge is 2.05. The van der Waals surface area contributed by atoms with Crippen molar-refractivity contribution in [2.45, 2.75) is 13.5 Å². The van der Waals surface area contributed by atoms with Crippen molar-refractivity contribution in [3.05, 3.63) is 59.4 Å². The molecule has 22 heavy (non-hydrogen) atoms. The monoisotopic (exact) mass is 300 g/mol. The van der Waals surface area contributed by atoms with Crippen LogP contribution in [-0.4, -0.2) is 20.1 Å². The Balaban J connectivity index is 2.01. The number of nitrogens with one attached hydrogen (secondary N) is 1. The number of aliphatic imine (C=N–C) groups is 1. The van der Waals surface area contributed by atoms with E-state index in [2.05, 4.69) is 10.3 Å². The zero-order valence-electron chi connectivity index (χ0n) is 13.1. The normalized spacial score (nSPS) is 11.4. The number of hydrogen-bond acceptors (Lipinski definition) is 2. The van der Waals surface area contributed by atoms with E-state index in [0.29, 0.717) is 18.2 Å². The molecule has 0 bridgehead atoms. The molecule has 0 radical (unpaired) electrons. The fourth-order valence-electron chi connectivity index (χ4n) is 2.01. The number of nitrogens with zero attached hydrogens (tertiary/aromatic N) is 2. The largest absolute Gasteiger partial charge is 0.375 e. The lowest BCUT2D eigenvalue weighted by Gasteiger charge is -2.13. The van der Waals surface area contributed by atoms with E-state index < -0.39 is 0 Å². The van der Waals surface area contributed by atoms with Crippen molar-refractivity contribution in [3.8, 4) is 0 Å². The van der Waals surface area contributed by atoms with Crippen molar-refractivity contribution in [1.29, 1.82) is 0 Å². The molecule has 0 aromatic heterocycles. The molecule has 0 fully saturated rings. The van der Waals surface area contributed by atoms with Gasteiger partial charge in [-0.1, -0.05) is 23.8 Å². The molecule has 0 amide bonds. The molecule has 4 nitrogen and oxygen atoms in total. The lowest BCUT2D eigenvalue weighted by Crippen LogP contribution is -2.22. The number of benzene rings is 2. The summed E-state index contributed by atoms with van der Waals surface area (Å²) in [5, 5.41) is 3.01. The molecule has 2 rings (SSSR count). The molecule has 0 saturated carbocycles. The predicted molar refractivity (Wildman–Crippen MR) is 90.9 cm³/mol. The van der Waals surface area contributed by atoms with Crippen molar-refractivity contribution in [2.75, 3.05) is 24.3 Å². The van der Waals surface area contributed by atoms with Gasteiger partial charge in [0.15, 0.2) is 5.96 Å². The van der Waals surface area contributed by atoms with Gasteiger partial charge in [0.05, 0.1) is 12.2 Å². The van der Waals surface area contributed by atoms with Gasteiger partial charge in [0, 0.05) is 19.8 Å². The summed E-state index contributed by atoms with van der Waals surface area (Å²) >= 11 is 0. The molecule has 0 aliphatic carbocycles. The molecule has 0 saturated heterocycles. The van der Waals surface area contributed by atoms with Gasteiger partial charge in [-0.3, -0.25) is 0 Å². The highest BCUT2D eigenvalue weighted by atomic mass is 19.1. The second-order valence-electron chi connectivity index (χ2n) is 5.37. The summed E-state index contributed by atoms with van der Waals surface area (Å²) in [6.07, 6.45) is 0. The Morgan fingerprint density at radius 2 is 1.86 bits per heavy atom. The first-order valence-corrected chi connectivity index (χ1v) is 7.05. The van der Waals surface area contributed by atoms with Crippen molar-refractivity contribution in [2.24, 2.45) is 10.7 Å². The second kappa shape index (κ2) is 6.93. The third-order valence-electron chi connectivity index (χ3n) is 3.25. The van der Waals surface area contributed by atoms with Gasteiger partial charge < -0.3 is 16.0 Å². The molecular formula is C17H21FN4. The van der Waals surface area contributed by atoms with Crippen LogP contribution in [0.1, 0.15) is 11.1 Å². The second-order valence-corrected chi connectivity index (χ2v) is 5.37. The fourth-order valence-corrected chi connectivity index (χ4v) is 2.01. The Bertz CT molecular complexity index is 663. The van der Waals surface area contributed by atoms with E-state index in [0.717, 1.165) is 11.3 Å². The summed E-state index contributed by atoms with van der Waals surface area (Å²) in [6.45, 7) is 2.35. The zero-order valence-corrected chi connectivity index (χ0v) is 13.1. The van der Waals surface area contributed by atoms with Gasteiger partial charge in [0.1, 0.15) is 5.82 Å². The molecule has 0 spiro atoms. The number of anilines is 2. The summed E-state index contributed by atoms with van der Waals surface area (Å²) in [7, 11) is 3.61. The Morgan fingerprint density at radius 3 is 2.45 bits per heavy atom. The van der Waals surface area contributed by atoms with Crippen LogP contribution in [0.4, 0.5) is 15.8 Å². The Kier molecular flexibility index (Phi) is 4.99. The van der Waals surface area contributed by atoms with Crippen LogP contribution in [0, 0.1) is 12.7 Å². The van der Waals surface area contributed by atoms with Crippen LogP contribution in [0.3, 0.4) is 0 Å². The van der Waals surface area contributed by atoms with Crippen LogP contribution < -0.4 is 16.0 Å². The van der Waals surface area contributed by atoms with E-state index >= 15 is 0 Å². The fraction of sp³-hybridized carbons (Fsp3) is 0.235. The molecular weight excluding hydrogens is 279 g/mol. The summed E-state index contributed by atoms with van der Waals surface area (Å²) in [6, 6.07) is 12.9. The quantitative estimate of drug-likeness (QED) is 0.674. The first-order chi connectivity index (χ1) is 10.5. The Morgan fingerprint density at radius 1 is 1.18 bits per heavy atom. The first kappa shape index (κ1) is 15.8. The zero-order chi connectivity index (χ0) is 16.1.